The molecule has 25 heavy (non-hydrogen) atoms. The molecule has 3 rings (SSSR count). The van der Waals surface area contributed by atoms with Gasteiger partial charge in [0.25, 0.3) is 5.91 Å². The summed E-state index contributed by atoms with van der Waals surface area (Å²) in [5.41, 5.74) is 1.05. The maximum atomic E-state index is 12.6. The van der Waals surface area contributed by atoms with E-state index in [1.807, 2.05) is 48.3 Å². The average Bonchev–Trinajstić information content (AvgIpc) is 3.00. The van der Waals surface area contributed by atoms with E-state index in [-0.39, 0.29) is 5.91 Å². The van der Waals surface area contributed by atoms with Gasteiger partial charge in [0.05, 0.1) is 27.0 Å². The van der Waals surface area contributed by atoms with Crippen LogP contribution in [0, 0.1) is 0 Å². The highest BCUT2D eigenvalue weighted by Crippen LogP contribution is 2.26. The third-order valence-electron chi connectivity index (χ3n) is 4.38. The fraction of sp³-hybridized carbons (Fsp3) is 0.389. The number of likely N-dealkylation sites (N-methyl/N-ethyl adjacent to an activating group) is 1. The summed E-state index contributed by atoms with van der Waals surface area (Å²) in [5.74, 6) is 0.207. The van der Waals surface area contributed by atoms with Gasteiger partial charge in [0.1, 0.15) is 6.54 Å². The first-order chi connectivity index (χ1) is 12.0. The van der Waals surface area contributed by atoms with Crippen LogP contribution in [0.1, 0.15) is 4.88 Å². The predicted molar refractivity (Wildman–Crippen MR) is 105 cm³/mol. The summed E-state index contributed by atoms with van der Waals surface area (Å²) in [6.07, 6.45) is 0. The number of nitrogens with zero attached hydrogens (tertiary/aromatic N) is 2. The number of para-hydroxylation sites is 1. The molecule has 1 unspecified atom stereocenters. The molecule has 1 N–H and O–H groups in total. The number of hydrogen-bond donors (Lipinski definition) is 1. The van der Waals surface area contributed by atoms with E-state index in [9.17, 15) is 4.79 Å². The second-order valence-electron chi connectivity index (χ2n) is 6.34. The van der Waals surface area contributed by atoms with Gasteiger partial charge in [-0.15, -0.1) is 11.3 Å². The molecule has 1 amide bonds. The van der Waals surface area contributed by atoms with Crippen molar-refractivity contribution in [2.45, 2.75) is 6.54 Å². The summed E-state index contributed by atoms with van der Waals surface area (Å²) >= 11 is 13.8. The highest BCUT2D eigenvalue weighted by atomic mass is 35.5. The van der Waals surface area contributed by atoms with Gasteiger partial charge < -0.3 is 14.7 Å². The number of benzene rings is 1. The molecular weight excluding hydrogens is 377 g/mol. The number of anilines is 1. The molecule has 1 aromatic heterocycles. The van der Waals surface area contributed by atoms with E-state index in [1.54, 1.807) is 11.3 Å². The molecule has 2 heterocycles. The zero-order chi connectivity index (χ0) is 17.8. The van der Waals surface area contributed by atoms with Crippen molar-refractivity contribution in [2.75, 3.05) is 44.7 Å². The van der Waals surface area contributed by atoms with Crippen molar-refractivity contribution < 1.29 is 9.69 Å². The minimum Gasteiger partial charge on any atom is -0.367 e. The van der Waals surface area contributed by atoms with Gasteiger partial charge in [-0.25, -0.2) is 0 Å². The van der Waals surface area contributed by atoms with Crippen LogP contribution in [0.3, 0.4) is 0 Å². The van der Waals surface area contributed by atoms with Crippen molar-refractivity contribution in [1.29, 1.82) is 0 Å². The highest BCUT2D eigenvalue weighted by Gasteiger charge is 2.24. The number of quaternary nitrogens is 1. The smallest absolute Gasteiger partial charge is 0.277 e. The predicted octanol–water partition coefficient (Wildman–Crippen LogP) is 2.42. The van der Waals surface area contributed by atoms with Crippen molar-refractivity contribution in [3.8, 4) is 0 Å². The van der Waals surface area contributed by atoms with Gasteiger partial charge in [-0.3, -0.25) is 4.79 Å². The topological polar surface area (TPSA) is 28.0 Å². The fourth-order valence-corrected chi connectivity index (χ4v) is 4.54. The van der Waals surface area contributed by atoms with Gasteiger partial charge in [-0.1, -0.05) is 35.3 Å². The van der Waals surface area contributed by atoms with E-state index < -0.39 is 0 Å². The van der Waals surface area contributed by atoms with Crippen LogP contribution in [-0.4, -0.2) is 50.6 Å². The Morgan fingerprint density at radius 3 is 2.48 bits per heavy atom. The first kappa shape index (κ1) is 18.5. The van der Waals surface area contributed by atoms with Crippen molar-refractivity contribution in [3.63, 3.8) is 0 Å². The lowest BCUT2D eigenvalue weighted by Crippen LogP contribution is -3.08. The summed E-state index contributed by atoms with van der Waals surface area (Å²) in [6.45, 7) is 4.43. The third-order valence-corrected chi connectivity index (χ3v) is 5.93. The molecule has 0 bridgehead atoms. The van der Waals surface area contributed by atoms with Gasteiger partial charge in [0, 0.05) is 26.2 Å². The Morgan fingerprint density at radius 2 is 1.84 bits per heavy atom. The van der Waals surface area contributed by atoms with Crippen molar-refractivity contribution in [1.82, 2.24) is 4.90 Å². The fourth-order valence-electron chi connectivity index (χ4n) is 3.08. The lowest BCUT2D eigenvalue weighted by atomic mass is 10.2. The van der Waals surface area contributed by atoms with E-state index in [0.717, 1.165) is 47.8 Å². The molecule has 1 fully saturated rings. The number of nitrogens with one attached hydrogen (secondary N) is 1. The van der Waals surface area contributed by atoms with Gasteiger partial charge in [-0.05, 0) is 24.3 Å². The lowest BCUT2D eigenvalue weighted by Gasteiger charge is -2.36. The van der Waals surface area contributed by atoms with Crippen LogP contribution in [0.2, 0.25) is 9.36 Å². The van der Waals surface area contributed by atoms with Crippen LogP contribution in [-0.2, 0) is 11.3 Å². The molecule has 0 aliphatic carbocycles. The molecular formula is C18H22Cl2N3OS+. The van der Waals surface area contributed by atoms with Crippen molar-refractivity contribution >= 4 is 46.1 Å². The zero-order valence-corrected chi connectivity index (χ0v) is 16.5. The van der Waals surface area contributed by atoms with Gasteiger partial charge in [0.15, 0.2) is 6.54 Å². The first-order valence-corrected chi connectivity index (χ1v) is 9.93. The van der Waals surface area contributed by atoms with Gasteiger partial charge >= 0.3 is 0 Å². The summed E-state index contributed by atoms with van der Waals surface area (Å²) in [7, 11) is 2.05. The molecule has 1 aliphatic heterocycles. The number of carbonyl (C=O) groups is 1. The van der Waals surface area contributed by atoms with Crippen LogP contribution in [0.4, 0.5) is 5.69 Å². The number of carbonyl (C=O) groups excluding carboxylic acids is 1. The van der Waals surface area contributed by atoms with E-state index in [4.69, 9.17) is 23.2 Å². The minimum absolute atomic E-state index is 0.207. The van der Waals surface area contributed by atoms with Crippen molar-refractivity contribution in [2.24, 2.45) is 0 Å². The molecule has 0 spiro atoms. The normalized spacial score (nSPS) is 16.1. The van der Waals surface area contributed by atoms with Crippen LogP contribution in [0.25, 0.3) is 0 Å². The Kier molecular flexibility index (Phi) is 6.23. The quantitative estimate of drug-likeness (QED) is 0.837. The molecule has 1 saturated heterocycles. The van der Waals surface area contributed by atoms with E-state index >= 15 is 0 Å². The Bertz CT molecular complexity index is 729. The van der Waals surface area contributed by atoms with Crippen molar-refractivity contribution in [3.05, 3.63) is 50.6 Å². The van der Waals surface area contributed by atoms with Crippen LogP contribution >= 0.6 is 34.5 Å². The maximum absolute atomic E-state index is 12.6. The number of halogens is 2. The third kappa shape index (κ3) is 4.88. The zero-order valence-electron chi connectivity index (χ0n) is 14.2. The largest absolute Gasteiger partial charge is 0.367 e. The number of thiophene rings is 1. The SMILES string of the molecule is C[NH+](CC(=O)N1CCN(c2ccccc2Cl)CC1)Cc1ccc(Cl)s1. The lowest BCUT2D eigenvalue weighted by molar-refractivity contribution is -0.885. The Hall–Kier alpha value is -1.27. The second kappa shape index (κ2) is 8.41. The molecule has 1 atom stereocenters. The maximum Gasteiger partial charge on any atom is 0.277 e. The Morgan fingerprint density at radius 1 is 1.12 bits per heavy atom. The summed E-state index contributed by atoms with van der Waals surface area (Å²) in [5, 5.41) is 0.765. The number of amides is 1. The number of rotatable bonds is 5. The molecule has 1 aromatic carbocycles. The van der Waals surface area contributed by atoms with Crippen LogP contribution in [0.5, 0.6) is 0 Å². The van der Waals surface area contributed by atoms with Gasteiger partial charge in [-0.2, -0.15) is 0 Å². The monoisotopic (exact) mass is 398 g/mol. The highest BCUT2D eigenvalue weighted by molar-refractivity contribution is 7.16. The molecule has 134 valence electrons. The number of piperazine rings is 1. The summed E-state index contributed by atoms with van der Waals surface area (Å²) < 4.78 is 0.796. The van der Waals surface area contributed by atoms with Gasteiger partial charge in [0.2, 0.25) is 0 Å². The molecule has 1 aliphatic rings. The Labute approximate surface area is 162 Å². The van der Waals surface area contributed by atoms with E-state index in [2.05, 4.69) is 4.90 Å². The molecule has 2 aromatic rings. The Balaban J connectivity index is 1.49. The van der Waals surface area contributed by atoms with E-state index in [1.165, 1.54) is 9.78 Å². The van der Waals surface area contributed by atoms with E-state index in [0.29, 0.717) is 6.54 Å². The molecule has 0 saturated carbocycles. The minimum atomic E-state index is 0.207. The number of hydrogen-bond acceptors (Lipinski definition) is 3. The molecule has 0 radical (unpaired) electrons. The second-order valence-corrected chi connectivity index (χ2v) is 8.54. The standard InChI is InChI=1S/C18H21Cl2N3OS/c1-21(12-14-6-7-17(20)25-14)13-18(24)23-10-8-22(9-11-23)16-5-3-2-4-15(16)19/h2-7H,8-13H2,1H3/p+1. The molecule has 4 nitrogen and oxygen atoms in total. The first-order valence-electron chi connectivity index (χ1n) is 8.35. The average molecular weight is 399 g/mol. The summed E-state index contributed by atoms with van der Waals surface area (Å²) in [4.78, 5) is 19.1. The van der Waals surface area contributed by atoms with Crippen LogP contribution in [0.15, 0.2) is 36.4 Å². The van der Waals surface area contributed by atoms with Crippen LogP contribution < -0.4 is 9.80 Å². The summed E-state index contributed by atoms with van der Waals surface area (Å²) in [6, 6.07) is 11.8. The molecule has 7 heteroatoms.